The highest BCUT2D eigenvalue weighted by atomic mass is 79.9. The Morgan fingerprint density at radius 1 is 1.37 bits per heavy atom. The first-order valence-corrected chi connectivity index (χ1v) is 8.18. The van der Waals surface area contributed by atoms with Gasteiger partial charge in [-0.05, 0) is 69.9 Å². The molecule has 1 atom stereocenters. The summed E-state index contributed by atoms with van der Waals surface area (Å²) in [6.45, 7) is 0.832. The van der Waals surface area contributed by atoms with Crippen molar-refractivity contribution in [1.82, 2.24) is 5.32 Å². The predicted octanol–water partition coefficient (Wildman–Crippen LogP) is 4.38. The van der Waals surface area contributed by atoms with E-state index < -0.39 is 0 Å². The van der Waals surface area contributed by atoms with E-state index in [4.69, 9.17) is 0 Å². The fourth-order valence-electron chi connectivity index (χ4n) is 2.60. The van der Waals surface area contributed by atoms with Crippen LogP contribution in [0.15, 0.2) is 34.1 Å². The Morgan fingerprint density at radius 2 is 2.26 bits per heavy atom. The first-order valence-electron chi connectivity index (χ1n) is 6.51. The van der Waals surface area contributed by atoms with Crippen molar-refractivity contribution in [3.63, 3.8) is 0 Å². The van der Waals surface area contributed by atoms with Crippen LogP contribution in [0.4, 0.5) is 0 Å². The summed E-state index contributed by atoms with van der Waals surface area (Å²) < 4.78 is 0.756. The summed E-state index contributed by atoms with van der Waals surface area (Å²) in [6.07, 6.45) is 3.71. The monoisotopic (exact) mass is 337 g/mol. The molecule has 0 saturated carbocycles. The third-order valence-corrected chi connectivity index (χ3v) is 5.25. The fraction of sp³-hybridized carbons (Fsp3) is 0.333. The number of thiophene rings is 1. The smallest absolute Gasteiger partial charge is 0.129 e. The van der Waals surface area contributed by atoms with Gasteiger partial charge in [-0.1, -0.05) is 6.07 Å². The Morgan fingerprint density at radius 3 is 3.11 bits per heavy atom. The summed E-state index contributed by atoms with van der Waals surface area (Å²) in [7, 11) is 0. The lowest BCUT2D eigenvalue weighted by atomic mass is 9.94. The largest absolute Gasteiger partial charge is 0.507 e. The molecule has 0 bridgehead atoms. The van der Waals surface area contributed by atoms with Crippen LogP contribution in [0.25, 0.3) is 0 Å². The normalized spacial score (nSPS) is 18.3. The number of phenolic OH excluding ortho intramolecular Hbond substituents is 1. The van der Waals surface area contributed by atoms with Gasteiger partial charge in [0, 0.05) is 17.5 Å². The van der Waals surface area contributed by atoms with Crippen LogP contribution in [-0.2, 0) is 13.0 Å². The van der Waals surface area contributed by atoms with Crippen molar-refractivity contribution in [3.8, 4) is 5.75 Å². The zero-order chi connectivity index (χ0) is 13.2. The van der Waals surface area contributed by atoms with Gasteiger partial charge in [0.25, 0.3) is 0 Å². The van der Waals surface area contributed by atoms with Crippen molar-refractivity contribution in [1.29, 1.82) is 0 Å². The lowest BCUT2D eigenvalue weighted by Gasteiger charge is -2.24. The summed E-state index contributed by atoms with van der Waals surface area (Å²) in [6, 6.07) is 8.40. The van der Waals surface area contributed by atoms with Gasteiger partial charge in [-0.25, -0.2) is 0 Å². The minimum Gasteiger partial charge on any atom is -0.507 e. The van der Waals surface area contributed by atoms with Crippen molar-refractivity contribution in [2.24, 2.45) is 0 Å². The molecule has 100 valence electrons. The molecule has 0 saturated heterocycles. The van der Waals surface area contributed by atoms with Gasteiger partial charge in [0.15, 0.2) is 0 Å². The van der Waals surface area contributed by atoms with Gasteiger partial charge in [0.05, 0.1) is 4.47 Å². The zero-order valence-electron chi connectivity index (χ0n) is 10.5. The number of benzene rings is 1. The van der Waals surface area contributed by atoms with Gasteiger partial charge >= 0.3 is 0 Å². The average molecular weight is 338 g/mol. The standard InChI is InChI=1S/C15H16BrNOS/c16-12-8-10(4-5-14(12)18)9-17-13-2-1-3-15-11(13)6-7-19-15/h4-8,13,17-18H,1-3,9H2. The van der Waals surface area contributed by atoms with Gasteiger partial charge in [0.1, 0.15) is 5.75 Å². The Kier molecular flexibility index (Phi) is 3.91. The highest BCUT2D eigenvalue weighted by molar-refractivity contribution is 9.10. The number of hydrogen-bond donors (Lipinski definition) is 2. The first kappa shape index (κ1) is 13.2. The third kappa shape index (κ3) is 2.86. The van der Waals surface area contributed by atoms with E-state index in [1.807, 2.05) is 23.5 Å². The van der Waals surface area contributed by atoms with E-state index >= 15 is 0 Å². The molecule has 1 aliphatic rings. The molecule has 1 aromatic carbocycles. The second kappa shape index (κ2) is 5.65. The van der Waals surface area contributed by atoms with Gasteiger partial charge < -0.3 is 10.4 Å². The van der Waals surface area contributed by atoms with E-state index in [1.54, 1.807) is 6.07 Å². The van der Waals surface area contributed by atoms with Crippen molar-refractivity contribution in [2.75, 3.05) is 0 Å². The molecule has 1 unspecified atom stereocenters. The maximum absolute atomic E-state index is 9.50. The number of nitrogens with one attached hydrogen (secondary N) is 1. The van der Waals surface area contributed by atoms with Crippen molar-refractivity contribution >= 4 is 27.3 Å². The van der Waals surface area contributed by atoms with Crippen LogP contribution < -0.4 is 5.32 Å². The molecule has 0 aliphatic heterocycles. The third-order valence-electron chi connectivity index (χ3n) is 3.62. The average Bonchev–Trinajstić information content (AvgIpc) is 2.89. The van der Waals surface area contributed by atoms with E-state index in [0.29, 0.717) is 11.8 Å². The topological polar surface area (TPSA) is 32.3 Å². The van der Waals surface area contributed by atoms with E-state index in [1.165, 1.54) is 35.3 Å². The van der Waals surface area contributed by atoms with Crippen LogP contribution in [0.2, 0.25) is 0 Å². The quantitative estimate of drug-likeness (QED) is 0.870. The van der Waals surface area contributed by atoms with E-state index in [-0.39, 0.29) is 0 Å². The SMILES string of the molecule is Oc1ccc(CNC2CCCc3sccc32)cc1Br. The molecule has 3 rings (SSSR count). The molecule has 19 heavy (non-hydrogen) atoms. The molecule has 0 spiro atoms. The Hall–Kier alpha value is -0.840. The zero-order valence-corrected chi connectivity index (χ0v) is 12.9. The summed E-state index contributed by atoms with van der Waals surface area (Å²) in [5.74, 6) is 0.293. The Balaban J connectivity index is 1.69. The van der Waals surface area contributed by atoms with Crippen LogP contribution in [0.1, 0.15) is 34.9 Å². The van der Waals surface area contributed by atoms with Crippen molar-refractivity contribution in [3.05, 3.63) is 50.1 Å². The maximum atomic E-state index is 9.50. The summed E-state index contributed by atoms with van der Waals surface area (Å²) in [5, 5.41) is 15.3. The van der Waals surface area contributed by atoms with E-state index in [0.717, 1.165) is 11.0 Å². The molecule has 4 heteroatoms. The van der Waals surface area contributed by atoms with Crippen molar-refractivity contribution in [2.45, 2.75) is 31.8 Å². The number of aromatic hydroxyl groups is 1. The molecule has 1 heterocycles. The fourth-order valence-corrected chi connectivity index (χ4v) is 4.01. The molecule has 0 radical (unpaired) electrons. The highest BCUT2D eigenvalue weighted by Crippen LogP contribution is 2.33. The Labute approximate surface area is 125 Å². The van der Waals surface area contributed by atoms with Crippen molar-refractivity contribution < 1.29 is 5.11 Å². The molecule has 0 amide bonds. The van der Waals surface area contributed by atoms with Gasteiger partial charge in [-0.2, -0.15) is 0 Å². The number of aryl methyl sites for hydroxylation is 1. The predicted molar refractivity (Wildman–Crippen MR) is 82.6 cm³/mol. The molecule has 2 aromatic rings. The lowest BCUT2D eigenvalue weighted by Crippen LogP contribution is -2.23. The molecule has 1 aliphatic carbocycles. The molecule has 2 nitrogen and oxygen atoms in total. The molecular formula is C15H16BrNOS. The van der Waals surface area contributed by atoms with Gasteiger partial charge in [-0.3, -0.25) is 0 Å². The minimum atomic E-state index is 0.293. The number of halogens is 1. The van der Waals surface area contributed by atoms with Crippen LogP contribution in [-0.4, -0.2) is 5.11 Å². The second-order valence-corrected chi connectivity index (χ2v) is 6.77. The highest BCUT2D eigenvalue weighted by Gasteiger charge is 2.20. The Bertz CT molecular complexity index is 581. The summed E-state index contributed by atoms with van der Waals surface area (Å²) in [5.41, 5.74) is 2.67. The van der Waals surface area contributed by atoms with Crippen LogP contribution >= 0.6 is 27.3 Å². The number of fused-ring (bicyclic) bond motifs is 1. The number of rotatable bonds is 3. The first-order chi connectivity index (χ1) is 9.24. The number of phenols is 1. The molecule has 1 aromatic heterocycles. The second-order valence-electron chi connectivity index (χ2n) is 4.91. The van der Waals surface area contributed by atoms with Gasteiger partial charge in [0.2, 0.25) is 0 Å². The number of hydrogen-bond acceptors (Lipinski definition) is 3. The van der Waals surface area contributed by atoms with Gasteiger partial charge in [-0.15, -0.1) is 11.3 Å². The van der Waals surface area contributed by atoms with E-state index in [9.17, 15) is 5.11 Å². The summed E-state index contributed by atoms with van der Waals surface area (Å²) in [4.78, 5) is 1.54. The van der Waals surface area contributed by atoms with E-state index in [2.05, 4.69) is 32.7 Å². The summed E-state index contributed by atoms with van der Waals surface area (Å²) >= 11 is 5.23. The van der Waals surface area contributed by atoms with Crippen LogP contribution in [0.5, 0.6) is 5.75 Å². The minimum absolute atomic E-state index is 0.293. The molecular weight excluding hydrogens is 322 g/mol. The molecule has 0 fully saturated rings. The lowest BCUT2D eigenvalue weighted by molar-refractivity contribution is 0.460. The van der Waals surface area contributed by atoms with Crippen LogP contribution in [0.3, 0.4) is 0 Å². The van der Waals surface area contributed by atoms with Crippen LogP contribution in [0, 0.1) is 0 Å². The maximum Gasteiger partial charge on any atom is 0.129 e. The molecule has 2 N–H and O–H groups in total.